The number of ether oxygens (including phenoxy) is 1. The number of hydrogen-bond donors (Lipinski definition) is 6. The standard InChI is InChI=1S/C18H27Cl2F3N5O11P3S2.H2S/c1-40(31,18(19,20)41(32,33)34)39-42(35,36)37-7-9-11(29)12(30)15(38-9)28-8-25-10-13(24-4-6-43-2)26-16(27-14(10)28)44-5-3-17(21,22)23;/h8-9,11-12,15,29-30H,3-7H2,1-2H3,(H,35,36)(H,24,26,27)(H2,32,33,34);1H2/t9-,11-,12-,15-,40?;/m1./s1. The molecule has 260 valence electrons. The van der Waals surface area contributed by atoms with Gasteiger partial charge in [-0.1, -0.05) is 35.0 Å². The van der Waals surface area contributed by atoms with Crippen LogP contribution in [0.5, 0.6) is 0 Å². The number of anilines is 1. The lowest BCUT2D eigenvalue weighted by Crippen LogP contribution is -2.33. The van der Waals surface area contributed by atoms with Crippen molar-refractivity contribution in [2.45, 2.75) is 46.1 Å². The lowest BCUT2D eigenvalue weighted by molar-refractivity contribution is -0.129. The molecule has 45 heavy (non-hydrogen) atoms. The van der Waals surface area contributed by atoms with Crippen LogP contribution >= 0.6 is 83.0 Å². The zero-order chi connectivity index (χ0) is 33.3. The van der Waals surface area contributed by atoms with Crippen molar-refractivity contribution in [3.8, 4) is 0 Å². The van der Waals surface area contributed by atoms with Gasteiger partial charge < -0.3 is 34.9 Å². The molecule has 16 nitrogen and oxygen atoms in total. The van der Waals surface area contributed by atoms with Crippen molar-refractivity contribution >= 4 is 100.0 Å². The molecule has 0 spiro atoms. The molecule has 0 radical (unpaired) electrons. The van der Waals surface area contributed by atoms with Gasteiger partial charge in [-0.2, -0.15) is 38.4 Å². The van der Waals surface area contributed by atoms with Gasteiger partial charge in [-0.25, -0.2) is 23.8 Å². The van der Waals surface area contributed by atoms with E-state index in [0.717, 1.165) is 11.8 Å². The van der Waals surface area contributed by atoms with Crippen molar-refractivity contribution in [3.63, 3.8) is 0 Å². The third-order valence-corrected chi connectivity index (χ3v) is 16.4. The van der Waals surface area contributed by atoms with E-state index in [1.807, 2.05) is 6.26 Å². The molecule has 1 aliphatic rings. The molecular formula is C18H29Cl2F3N5O11P3S3. The van der Waals surface area contributed by atoms with E-state index in [0.29, 0.717) is 19.0 Å². The zero-order valence-electron chi connectivity index (χ0n) is 22.9. The quantitative estimate of drug-likeness (QED) is 0.0495. The molecule has 0 amide bonds. The maximum absolute atomic E-state index is 12.7. The van der Waals surface area contributed by atoms with Crippen LogP contribution in [0.25, 0.3) is 11.2 Å². The molecule has 1 aliphatic heterocycles. The Kier molecular flexibility index (Phi) is 14.5. The molecule has 6 atom stereocenters. The summed E-state index contributed by atoms with van der Waals surface area (Å²) in [5.74, 6) is 0.464. The number of rotatable bonds is 15. The topological polar surface area (TPSA) is 236 Å². The van der Waals surface area contributed by atoms with Gasteiger partial charge in [0, 0.05) is 24.7 Å². The van der Waals surface area contributed by atoms with Crippen LogP contribution in [0.2, 0.25) is 0 Å². The second-order valence-corrected chi connectivity index (χ2v) is 19.9. The molecule has 3 heterocycles. The molecule has 0 aromatic carbocycles. The minimum absolute atomic E-state index is 0. The number of hydrogen-bond acceptors (Lipinski definition) is 14. The van der Waals surface area contributed by atoms with Crippen molar-refractivity contribution in [1.82, 2.24) is 19.5 Å². The number of phosphoric acid groups is 1. The molecule has 3 rings (SSSR count). The SMILES string of the molecule is CSCCNc1nc(SCCC(F)(F)F)nc2c1ncn2[C@@H]1O[C@H](COP(=O)(O)OP(C)(=O)C(Cl)(Cl)P(=O)(O)O)[C@@H](O)[C@H]1O.S. The number of phosphoric ester groups is 1. The van der Waals surface area contributed by atoms with E-state index in [2.05, 4.69) is 29.1 Å². The van der Waals surface area contributed by atoms with Crippen LogP contribution in [0.3, 0.4) is 0 Å². The maximum atomic E-state index is 12.7. The molecule has 0 aliphatic carbocycles. The molecule has 1 fully saturated rings. The molecule has 2 aromatic rings. The Morgan fingerprint density at radius 1 is 1.13 bits per heavy atom. The van der Waals surface area contributed by atoms with E-state index in [1.54, 1.807) is 0 Å². The van der Waals surface area contributed by atoms with Crippen LogP contribution in [0, 0.1) is 0 Å². The highest BCUT2D eigenvalue weighted by atomic mass is 35.5. The number of nitrogens with zero attached hydrogens (tertiary/aromatic N) is 4. The van der Waals surface area contributed by atoms with Crippen molar-refractivity contribution in [2.75, 3.05) is 42.9 Å². The normalized spacial score (nSPS) is 23.8. The van der Waals surface area contributed by atoms with Gasteiger partial charge in [-0.05, 0) is 6.26 Å². The third-order valence-electron chi connectivity index (χ3n) is 5.73. The number of imidazole rings is 1. The highest BCUT2D eigenvalue weighted by molar-refractivity contribution is 7.99. The molecule has 1 saturated heterocycles. The Morgan fingerprint density at radius 2 is 1.78 bits per heavy atom. The van der Waals surface area contributed by atoms with Gasteiger partial charge in [0.2, 0.25) is 0 Å². The molecule has 0 saturated carbocycles. The second-order valence-electron chi connectivity index (χ2n) is 9.10. The van der Waals surface area contributed by atoms with Gasteiger partial charge in [0.15, 0.2) is 28.4 Å². The first kappa shape index (κ1) is 41.3. The predicted octanol–water partition coefficient (Wildman–Crippen LogP) is 3.69. The van der Waals surface area contributed by atoms with Crippen LogP contribution in [-0.4, -0.2) is 110 Å². The van der Waals surface area contributed by atoms with E-state index >= 15 is 0 Å². The average molecular weight is 808 g/mol. The predicted molar refractivity (Wildman–Crippen MR) is 167 cm³/mol. The first-order valence-corrected chi connectivity index (χ1v) is 20.3. The van der Waals surface area contributed by atoms with E-state index < -0.39 is 70.3 Å². The third kappa shape index (κ3) is 10.3. The van der Waals surface area contributed by atoms with Crippen LogP contribution in [-0.2, 0) is 27.3 Å². The summed E-state index contributed by atoms with van der Waals surface area (Å²) < 4.78 is 87.0. The molecule has 6 N–H and O–H groups in total. The van der Waals surface area contributed by atoms with Crippen molar-refractivity contribution in [1.29, 1.82) is 0 Å². The lowest BCUT2D eigenvalue weighted by Gasteiger charge is -2.28. The number of aliphatic hydroxyl groups excluding tert-OH is 2. The number of aromatic nitrogens is 4. The molecule has 2 unspecified atom stereocenters. The Bertz CT molecular complexity index is 1480. The molecule has 2 aromatic heterocycles. The van der Waals surface area contributed by atoms with Crippen molar-refractivity contribution < 1.29 is 65.3 Å². The second kappa shape index (κ2) is 15.8. The minimum Gasteiger partial charge on any atom is -0.387 e. The van der Waals surface area contributed by atoms with Crippen LogP contribution < -0.4 is 5.32 Å². The monoisotopic (exact) mass is 807 g/mol. The lowest BCUT2D eigenvalue weighted by atomic mass is 10.1. The van der Waals surface area contributed by atoms with E-state index in [9.17, 15) is 51.8 Å². The fourth-order valence-corrected chi connectivity index (χ4v) is 9.97. The van der Waals surface area contributed by atoms with Gasteiger partial charge in [0.05, 0.1) is 19.4 Å². The first-order valence-electron chi connectivity index (χ1n) is 12.0. The van der Waals surface area contributed by atoms with Gasteiger partial charge in [-0.15, -0.1) is 0 Å². The Morgan fingerprint density at radius 3 is 2.36 bits per heavy atom. The average Bonchev–Trinajstić information content (AvgIpc) is 3.41. The molecule has 27 heteroatoms. The fraction of sp³-hybridized carbons (Fsp3) is 0.722. The number of thioether (sulfide) groups is 2. The minimum atomic E-state index is -5.54. The first-order chi connectivity index (χ1) is 20.1. The number of nitrogens with one attached hydrogen (secondary N) is 1. The van der Waals surface area contributed by atoms with E-state index in [1.165, 1.54) is 22.7 Å². The van der Waals surface area contributed by atoms with E-state index in [-0.39, 0.29) is 41.4 Å². The maximum Gasteiger partial charge on any atom is 0.478 e. The summed E-state index contributed by atoms with van der Waals surface area (Å²) in [6, 6.07) is 0. The summed E-state index contributed by atoms with van der Waals surface area (Å²) in [7, 11) is -15.9. The molecular weight excluding hydrogens is 779 g/mol. The highest BCUT2D eigenvalue weighted by Crippen LogP contribution is 2.79. The van der Waals surface area contributed by atoms with Gasteiger partial charge >= 0.3 is 21.6 Å². The van der Waals surface area contributed by atoms with Crippen molar-refractivity contribution in [3.05, 3.63) is 6.33 Å². The van der Waals surface area contributed by atoms with Crippen molar-refractivity contribution in [2.24, 2.45) is 0 Å². The summed E-state index contributed by atoms with van der Waals surface area (Å²) in [5, 5.41) is 24.2. The Hall–Kier alpha value is 0.140. The molecule has 0 bridgehead atoms. The van der Waals surface area contributed by atoms with Gasteiger partial charge in [0.25, 0.3) is 11.2 Å². The smallest absolute Gasteiger partial charge is 0.387 e. The summed E-state index contributed by atoms with van der Waals surface area (Å²) in [4.78, 5) is 41.2. The summed E-state index contributed by atoms with van der Waals surface area (Å²) in [6.45, 7) is -0.0767. The van der Waals surface area contributed by atoms with Crippen LogP contribution in [0.15, 0.2) is 11.5 Å². The van der Waals surface area contributed by atoms with E-state index in [4.69, 9.17) is 27.9 Å². The number of halogens is 5. The number of fused-ring (bicyclic) bond motifs is 1. The Labute approximate surface area is 279 Å². The highest BCUT2D eigenvalue weighted by Gasteiger charge is 2.60. The van der Waals surface area contributed by atoms with Crippen LogP contribution in [0.4, 0.5) is 19.0 Å². The van der Waals surface area contributed by atoms with Crippen LogP contribution in [0.1, 0.15) is 12.6 Å². The van der Waals surface area contributed by atoms with Gasteiger partial charge in [0.1, 0.15) is 18.3 Å². The summed E-state index contributed by atoms with van der Waals surface area (Å²) in [5.41, 5.74) is 0.180. The largest absolute Gasteiger partial charge is 0.478 e. The van der Waals surface area contributed by atoms with Gasteiger partial charge in [-0.3, -0.25) is 18.2 Å². The Balaban J connectivity index is 0.00000705. The fourth-order valence-electron chi connectivity index (χ4n) is 3.57. The number of aliphatic hydroxyl groups is 2. The number of alkyl halides is 5. The summed E-state index contributed by atoms with van der Waals surface area (Å²) >= 11 is 13.2. The summed E-state index contributed by atoms with van der Waals surface area (Å²) in [6.07, 6.45) is -8.97. The zero-order valence-corrected chi connectivity index (χ0v) is 29.8.